The summed E-state index contributed by atoms with van der Waals surface area (Å²) in [4.78, 5) is 45.0. The highest BCUT2D eigenvalue weighted by Gasteiger charge is 2.60. The van der Waals surface area contributed by atoms with E-state index in [0.29, 0.717) is 23.5 Å². The molecule has 11 heteroatoms. The minimum atomic E-state index is -2.68. The number of hydrogen-bond acceptors (Lipinski definition) is 10. The van der Waals surface area contributed by atoms with Crippen molar-refractivity contribution in [1.82, 2.24) is 9.80 Å². The van der Waals surface area contributed by atoms with E-state index in [1.807, 2.05) is 25.1 Å². The lowest BCUT2D eigenvalue weighted by Crippen LogP contribution is -2.64. The van der Waals surface area contributed by atoms with E-state index in [9.17, 15) is 34.8 Å². The SMILES string of the molecule is CN1CCC(CCc2cc(N(C)C)c3c(c2O)C(O)=C2C(=O)[C@](O)(C(=O)CC(N)=O)[C@H](C(CO)N(C)C)C[C@@H]2C3)CC1. The molecule has 4 atom stereocenters. The van der Waals surface area contributed by atoms with Crippen molar-refractivity contribution >= 4 is 28.9 Å². The second-order valence-electron chi connectivity index (χ2n) is 12.8. The molecule has 1 heterocycles. The smallest absolute Gasteiger partial charge is 0.225 e. The van der Waals surface area contributed by atoms with Crippen molar-refractivity contribution in [3.63, 3.8) is 0 Å². The van der Waals surface area contributed by atoms with E-state index in [-0.39, 0.29) is 29.7 Å². The number of hydrogen-bond donors (Lipinski definition) is 5. The third-order valence-corrected chi connectivity index (χ3v) is 9.70. The van der Waals surface area contributed by atoms with E-state index in [1.165, 1.54) is 0 Å². The van der Waals surface area contributed by atoms with Gasteiger partial charge in [-0.25, -0.2) is 0 Å². The van der Waals surface area contributed by atoms with Crippen LogP contribution in [0, 0.1) is 17.8 Å². The summed E-state index contributed by atoms with van der Waals surface area (Å²) in [6.45, 7) is 1.61. The Balaban J connectivity index is 1.81. The molecule has 0 bridgehead atoms. The van der Waals surface area contributed by atoms with Crippen LogP contribution in [0.2, 0.25) is 0 Å². The number of primary amides is 1. The third-order valence-electron chi connectivity index (χ3n) is 9.70. The van der Waals surface area contributed by atoms with Crippen LogP contribution in [0.4, 0.5) is 5.69 Å². The van der Waals surface area contributed by atoms with Crippen LogP contribution < -0.4 is 10.6 Å². The monoisotopic (exact) mass is 586 g/mol. The van der Waals surface area contributed by atoms with Crippen molar-refractivity contribution in [2.75, 3.05) is 59.8 Å². The second kappa shape index (κ2) is 12.3. The Labute approximate surface area is 247 Å². The summed E-state index contributed by atoms with van der Waals surface area (Å²) >= 11 is 0. The van der Waals surface area contributed by atoms with Crippen molar-refractivity contribution in [2.24, 2.45) is 23.5 Å². The molecule has 1 saturated heterocycles. The Hall–Kier alpha value is -2.99. The first-order valence-electron chi connectivity index (χ1n) is 14.7. The molecule has 0 aromatic heterocycles. The molecule has 2 fully saturated rings. The Bertz CT molecular complexity index is 1270. The number of carbonyl (C=O) groups excluding carboxylic acids is 3. The molecule has 232 valence electrons. The van der Waals surface area contributed by atoms with Crippen LogP contribution in [0.1, 0.15) is 48.8 Å². The number of piperidine rings is 1. The number of aromatic hydroxyl groups is 1. The third kappa shape index (κ3) is 5.67. The summed E-state index contributed by atoms with van der Waals surface area (Å²) in [5.74, 6) is -4.77. The fraction of sp³-hybridized carbons (Fsp3) is 0.645. The first-order valence-corrected chi connectivity index (χ1v) is 14.7. The molecule has 11 nitrogen and oxygen atoms in total. The highest BCUT2D eigenvalue weighted by atomic mass is 16.3. The van der Waals surface area contributed by atoms with E-state index >= 15 is 0 Å². The van der Waals surface area contributed by atoms with Gasteiger partial charge >= 0.3 is 0 Å². The van der Waals surface area contributed by atoms with Crippen molar-refractivity contribution in [3.05, 3.63) is 28.3 Å². The largest absolute Gasteiger partial charge is 0.507 e. The maximum Gasteiger partial charge on any atom is 0.225 e. The predicted octanol–water partition coefficient (Wildman–Crippen LogP) is 0.861. The van der Waals surface area contributed by atoms with Gasteiger partial charge in [0.05, 0.1) is 18.6 Å². The fourth-order valence-electron chi connectivity index (χ4n) is 7.25. The number of aliphatic hydroxyl groups is 3. The second-order valence-corrected chi connectivity index (χ2v) is 12.8. The van der Waals surface area contributed by atoms with Gasteiger partial charge in [0.2, 0.25) is 11.7 Å². The molecule has 2 aliphatic carbocycles. The Morgan fingerprint density at radius 2 is 1.81 bits per heavy atom. The van der Waals surface area contributed by atoms with E-state index in [4.69, 9.17) is 5.73 Å². The number of likely N-dealkylation sites (N-methyl/N-ethyl adjacent to an activating group) is 1. The minimum Gasteiger partial charge on any atom is -0.507 e. The Morgan fingerprint density at radius 3 is 2.36 bits per heavy atom. The molecule has 1 aromatic carbocycles. The summed E-state index contributed by atoms with van der Waals surface area (Å²) in [5.41, 5.74) is 4.75. The molecule has 0 radical (unpaired) electrons. The number of nitrogens with zero attached hydrogens (tertiary/aromatic N) is 3. The number of phenols is 1. The van der Waals surface area contributed by atoms with Gasteiger partial charge in [-0.1, -0.05) is 0 Å². The number of carbonyl (C=O) groups is 3. The van der Waals surface area contributed by atoms with Crippen LogP contribution in [-0.4, -0.2) is 114 Å². The van der Waals surface area contributed by atoms with Gasteiger partial charge in [0.1, 0.15) is 11.5 Å². The van der Waals surface area contributed by atoms with Gasteiger partial charge in [0.25, 0.3) is 0 Å². The summed E-state index contributed by atoms with van der Waals surface area (Å²) in [6.07, 6.45) is 3.13. The molecule has 1 aliphatic heterocycles. The molecule has 3 aliphatic rings. The zero-order valence-electron chi connectivity index (χ0n) is 25.4. The highest BCUT2D eigenvalue weighted by Crippen LogP contribution is 2.51. The quantitative estimate of drug-likeness (QED) is 0.248. The van der Waals surface area contributed by atoms with Gasteiger partial charge in [0, 0.05) is 37.3 Å². The lowest BCUT2D eigenvalue weighted by atomic mass is 9.59. The van der Waals surface area contributed by atoms with Crippen LogP contribution in [-0.2, 0) is 27.2 Å². The molecular weight excluding hydrogens is 540 g/mol. The number of rotatable bonds is 10. The first kappa shape index (κ1) is 31.9. The van der Waals surface area contributed by atoms with Gasteiger partial charge in [0.15, 0.2) is 11.4 Å². The number of fused-ring (bicyclic) bond motifs is 2. The fourth-order valence-corrected chi connectivity index (χ4v) is 7.25. The topological polar surface area (TPSA) is 168 Å². The molecule has 1 amide bonds. The molecule has 1 saturated carbocycles. The van der Waals surface area contributed by atoms with Crippen LogP contribution in [0.3, 0.4) is 0 Å². The van der Waals surface area contributed by atoms with Crippen LogP contribution in [0.5, 0.6) is 5.75 Å². The van der Waals surface area contributed by atoms with E-state index in [2.05, 4.69) is 11.9 Å². The zero-order chi connectivity index (χ0) is 31.1. The molecule has 42 heavy (non-hydrogen) atoms. The minimum absolute atomic E-state index is 0.0838. The first-order chi connectivity index (χ1) is 19.7. The summed E-state index contributed by atoms with van der Waals surface area (Å²) in [6, 6.07) is 1.16. The lowest BCUT2D eigenvalue weighted by Gasteiger charge is -2.47. The Kier molecular flexibility index (Phi) is 9.37. The van der Waals surface area contributed by atoms with E-state index < -0.39 is 59.7 Å². The number of aliphatic hydroxyl groups excluding tert-OH is 2. The van der Waals surface area contributed by atoms with Gasteiger partial charge in [-0.05, 0) is 102 Å². The van der Waals surface area contributed by atoms with Crippen LogP contribution >= 0.6 is 0 Å². The van der Waals surface area contributed by atoms with Crippen molar-refractivity contribution in [3.8, 4) is 5.75 Å². The van der Waals surface area contributed by atoms with Crippen molar-refractivity contribution < 1.29 is 34.8 Å². The molecule has 6 N–H and O–H groups in total. The number of benzene rings is 1. The average molecular weight is 587 g/mol. The number of amides is 1. The van der Waals surface area contributed by atoms with Gasteiger partial charge in [-0.15, -0.1) is 0 Å². The standard InChI is InChI=1S/C31H46N4O7/c1-33(2)22-14-18(7-6-17-8-10-35(5)11-9-17)28(39)27-20(22)12-19-13-21(23(16-36)34(3)4)31(42,24(37)15-25(32)38)30(41)26(19)29(27)40/h14,17,19,21,23,36,39-40,42H,6-13,15-16H2,1-5H3,(H2,32,38)/t19-,21-,23?,31+/m0/s1. The number of phenolic OH excluding ortho intramolecular Hbond substituents is 1. The maximum atomic E-state index is 14.1. The number of Topliss-reactive ketones (excluding diaryl/α,β-unsaturated/α-hetero) is 2. The maximum absolute atomic E-state index is 14.1. The zero-order valence-corrected chi connectivity index (χ0v) is 25.4. The predicted molar refractivity (Wildman–Crippen MR) is 159 cm³/mol. The number of likely N-dealkylation sites (tertiary alicyclic amines) is 1. The molecule has 4 rings (SSSR count). The average Bonchev–Trinajstić information content (AvgIpc) is 2.91. The number of nitrogens with two attached hydrogens (primary N) is 1. The van der Waals surface area contributed by atoms with E-state index in [1.54, 1.807) is 19.0 Å². The summed E-state index contributed by atoms with van der Waals surface area (Å²) in [7, 11) is 9.21. The lowest BCUT2D eigenvalue weighted by molar-refractivity contribution is -0.163. The molecule has 0 spiro atoms. The molecule has 1 unspecified atom stereocenters. The molecular formula is C31H46N4O7. The van der Waals surface area contributed by atoms with Gasteiger partial charge in [-0.2, -0.15) is 0 Å². The van der Waals surface area contributed by atoms with Crippen molar-refractivity contribution in [1.29, 1.82) is 0 Å². The number of anilines is 1. The highest BCUT2D eigenvalue weighted by molar-refractivity contribution is 6.23. The Morgan fingerprint density at radius 1 is 1.17 bits per heavy atom. The van der Waals surface area contributed by atoms with Crippen LogP contribution in [0.25, 0.3) is 5.76 Å². The van der Waals surface area contributed by atoms with Gasteiger partial charge in [-0.3, -0.25) is 14.4 Å². The summed E-state index contributed by atoms with van der Waals surface area (Å²) in [5, 5.41) is 45.2. The van der Waals surface area contributed by atoms with Crippen LogP contribution in [0.15, 0.2) is 11.6 Å². The van der Waals surface area contributed by atoms with E-state index in [0.717, 1.165) is 38.0 Å². The van der Waals surface area contributed by atoms with Gasteiger partial charge < -0.3 is 40.9 Å². The number of aryl methyl sites for hydroxylation is 1. The normalized spacial score (nSPS) is 25.8. The molecule has 1 aromatic rings. The van der Waals surface area contributed by atoms with Crippen molar-refractivity contribution in [2.45, 2.75) is 56.6 Å². The summed E-state index contributed by atoms with van der Waals surface area (Å²) < 4.78 is 0. The number of ketones is 2.